The second-order valence-corrected chi connectivity index (χ2v) is 7.33. The number of aryl methyl sites for hydroxylation is 1. The summed E-state index contributed by atoms with van der Waals surface area (Å²) < 4.78 is 1.74. The van der Waals surface area contributed by atoms with Crippen LogP contribution < -0.4 is 5.32 Å². The van der Waals surface area contributed by atoms with Gasteiger partial charge in [0.25, 0.3) is 0 Å². The van der Waals surface area contributed by atoms with Crippen molar-refractivity contribution >= 4 is 5.82 Å². The van der Waals surface area contributed by atoms with E-state index in [0.717, 1.165) is 34.0 Å². The number of rotatable bonds is 6. The Bertz CT molecular complexity index is 1090. The first-order valence-corrected chi connectivity index (χ1v) is 9.74. The zero-order valence-corrected chi connectivity index (χ0v) is 16.9. The summed E-state index contributed by atoms with van der Waals surface area (Å²) in [7, 11) is 0. The predicted molar refractivity (Wildman–Crippen MR) is 122 cm³/mol. The minimum Gasteiger partial charge on any atom is -0.366 e. The summed E-state index contributed by atoms with van der Waals surface area (Å²) in [5.74, 6) is 2.02. The van der Waals surface area contributed by atoms with Gasteiger partial charge in [-0.25, -0.2) is 14.6 Å². The molecular formula is C24H28N6. The molecule has 2 aromatic carbocycles. The molecule has 0 saturated carbocycles. The molecule has 4 aromatic rings. The summed E-state index contributed by atoms with van der Waals surface area (Å²) >= 11 is 0. The standard InChI is InChI=1S/C23H24N6.CH4/c1-16(2)20-6-4-5-7-21(20)23-24-14-17(3)22(27-23)25-15-18-8-10-19(11-9-18)29-13-12-26-28-29;/h4-14,16H,15H2,1-3H3,(H,24,25,27);1H4. The van der Waals surface area contributed by atoms with Crippen molar-refractivity contribution in [2.75, 3.05) is 5.32 Å². The van der Waals surface area contributed by atoms with E-state index in [0.29, 0.717) is 12.5 Å². The molecule has 154 valence electrons. The van der Waals surface area contributed by atoms with Gasteiger partial charge in [0.2, 0.25) is 0 Å². The fraction of sp³-hybridized carbons (Fsp3) is 0.250. The lowest BCUT2D eigenvalue weighted by molar-refractivity contribution is 0.802. The topological polar surface area (TPSA) is 68.5 Å². The molecule has 1 N–H and O–H groups in total. The number of hydrogen-bond donors (Lipinski definition) is 1. The van der Waals surface area contributed by atoms with Crippen LogP contribution in [0, 0.1) is 6.92 Å². The summed E-state index contributed by atoms with van der Waals surface area (Å²) in [6.07, 6.45) is 5.38. The van der Waals surface area contributed by atoms with E-state index in [1.807, 2.05) is 37.5 Å². The van der Waals surface area contributed by atoms with Crippen LogP contribution in [0.4, 0.5) is 5.82 Å². The van der Waals surface area contributed by atoms with E-state index >= 15 is 0 Å². The SMILES string of the molecule is C.Cc1cnc(-c2ccccc2C(C)C)nc1NCc1ccc(-n2ccnn2)cc1. The van der Waals surface area contributed by atoms with E-state index in [9.17, 15) is 0 Å². The van der Waals surface area contributed by atoms with E-state index in [4.69, 9.17) is 4.98 Å². The molecule has 0 spiro atoms. The van der Waals surface area contributed by atoms with Crippen molar-refractivity contribution in [3.05, 3.63) is 83.8 Å². The number of nitrogens with zero attached hydrogens (tertiary/aromatic N) is 5. The maximum absolute atomic E-state index is 4.81. The number of hydrogen-bond acceptors (Lipinski definition) is 5. The summed E-state index contributed by atoms with van der Waals surface area (Å²) in [5, 5.41) is 11.3. The molecule has 0 saturated heterocycles. The number of aromatic nitrogens is 5. The van der Waals surface area contributed by atoms with Crippen molar-refractivity contribution in [3.63, 3.8) is 0 Å². The van der Waals surface area contributed by atoms with E-state index in [1.165, 1.54) is 5.56 Å². The minimum atomic E-state index is 0. The molecule has 4 rings (SSSR count). The van der Waals surface area contributed by atoms with Gasteiger partial charge in [0.15, 0.2) is 5.82 Å². The van der Waals surface area contributed by atoms with E-state index < -0.39 is 0 Å². The number of benzene rings is 2. The lowest BCUT2D eigenvalue weighted by atomic mass is 9.97. The Labute approximate surface area is 178 Å². The van der Waals surface area contributed by atoms with Crippen LogP contribution in [-0.2, 0) is 6.54 Å². The minimum absolute atomic E-state index is 0. The number of anilines is 1. The molecule has 0 bridgehead atoms. The fourth-order valence-electron chi connectivity index (χ4n) is 3.25. The molecular weight excluding hydrogens is 372 g/mol. The van der Waals surface area contributed by atoms with E-state index in [1.54, 1.807) is 10.9 Å². The van der Waals surface area contributed by atoms with Crippen molar-refractivity contribution in [1.29, 1.82) is 0 Å². The summed E-state index contributed by atoms with van der Waals surface area (Å²) in [6.45, 7) is 7.08. The highest BCUT2D eigenvalue weighted by Crippen LogP contribution is 2.28. The average molecular weight is 401 g/mol. The highest BCUT2D eigenvalue weighted by molar-refractivity contribution is 5.63. The second kappa shape index (κ2) is 9.31. The molecule has 0 aliphatic rings. The molecule has 0 radical (unpaired) electrons. The van der Waals surface area contributed by atoms with E-state index in [2.05, 4.69) is 64.8 Å². The Morgan fingerprint density at radius 3 is 2.50 bits per heavy atom. The molecule has 6 heteroatoms. The van der Waals surface area contributed by atoms with Crippen molar-refractivity contribution < 1.29 is 0 Å². The van der Waals surface area contributed by atoms with Gasteiger partial charge in [0.1, 0.15) is 5.82 Å². The summed E-state index contributed by atoms with van der Waals surface area (Å²) in [4.78, 5) is 9.39. The molecule has 0 amide bonds. The first kappa shape index (κ1) is 21.2. The van der Waals surface area contributed by atoms with Crippen molar-refractivity contribution in [1.82, 2.24) is 25.0 Å². The Morgan fingerprint density at radius 2 is 1.80 bits per heavy atom. The van der Waals surface area contributed by atoms with Crippen LogP contribution >= 0.6 is 0 Å². The predicted octanol–water partition coefficient (Wildman–Crippen LogP) is 5.40. The van der Waals surface area contributed by atoms with Crippen LogP contribution in [0.15, 0.2) is 67.1 Å². The van der Waals surface area contributed by atoms with Gasteiger partial charge in [-0.05, 0) is 36.1 Å². The molecule has 0 unspecified atom stereocenters. The Kier molecular flexibility index (Phi) is 6.57. The Balaban J connectivity index is 0.00000256. The Morgan fingerprint density at radius 1 is 1.03 bits per heavy atom. The summed E-state index contributed by atoms with van der Waals surface area (Å²) in [6, 6.07) is 16.6. The first-order valence-electron chi connectivity index (χ1n) is 9.74. The van der Waals surface area contributed by atoms with Crippen LogP contribution in [0.3, 0.4) is 0 Å². The van der Waals surface area contributed by atoms with Gasteiger partial charge in [-0.2, -0.15) is 0 Å². The molecule has 6 nitrogen and oxygen atoms in total. The highest BCUT2D eigenvalue weighted by atomic mass is 15.4. The maximum Gasteiger partial charge on any atom is 0.161 e. The van der Waals surface area contributed by atoms with Crippen LogP contribution in [0.1, 0.15) is 43.9 Å². The van der Waals surface area contributed by atoms with Crippen molar-refractivity contribution in [2.45, 2.75) is 40.7 Å². The Hall–Kier alpha value is -3.54. The second-order valence-electron chi connectivity index (χ2n) is 7.33. The zero-order valence-electron chi connectivity index (χ0n) is 16.9. The van der Waals surface area contributed by atoms with Crippen LogP contribution in [-0.4, -0.2) is 25.0 Å². The molecule has 0 aliphatic carbocycles. The zero-order chi connectivity index (χ0) is 20.2. The summed E-state index contributed by atoms with van der Waals surface area (Å²) in [5.41, 5.74) is 5.51. The largest absolute Gasteiger partial charge is 0.366 e. The van der Waals surface area contributed by atoms with Crippen LogP contribution in [0.25, 0.3) is 17.1 Å². The molecule has 2 aromatic heterocycles. The van der Waals surface area contributed by atoms with Gasteiger partial charge >= 0.3 is 0 Å². The third-order valence-electron chi connectivity index (χ3n) is 4.88. The lowest BCUT2D eigenvalue weighted by Gasteiger charge is -2.14. The van der Waals surface area contributed by atoms with Crippen molar-refractivity contribution in [3.8, 4) is 17.1 Å². The van der Waals surface area contributed by atoms with Crippen LogP contribution in [0.2, 0.25) is 0 Å². The molecule has 30 heavy (non-hydrogen) atoms. The van der Waals surface area contributed by atoms with Gasteiger partial charge in [0.05, 0.1) is 18.1 Å². The van der Waals surface area contributed by atoms with Gasteiger partial charge in [-0.3, -0.25) is 0 Å². The molecule has 0 atom stereocenters. The highest BCUT2D eigenvalue weighted by Gasteiger charge is 2.12. The van der Waals surface area contributed by atoms with Crippen molar-refractivity contribution in [2.24, 2.45) is 0 Å². The quantitative estimate of drug-likeness (QED) is 0.469. The molecule has 2 heterocycles. The van der Waals surface area contributed by atoms with E-state index in [-0.39, 0.29) is 7.43 Å². The third-order valence-corrected chi connectivity index (χ3v) is 4.88. The average Bonchev–Trinajstić information content (AvgIpc) is 3.28. The monoisotopic (exact) mass is 400 g/mol. The third kappa shape index (κ3) is 4.54. The number of nitrogens with one attached hydrogen (secondary N) is 1. The smallest absolute Gasteiger partial charge is 0.161 e. The molecule has 0 aliphatic heterocycles. The van der Waals surface area contributed by atoms with Gasteiger partial charge in [-0.15, -0.1) is 5.10 Å². The van der Waals surface area contributed by atoms with Gasteiger partial charge in [0, 0.05) is 23.9 Å². The lowest BCUT2D eigenvalue weighted by Crippen LogP contribution is -2.06. The van der Waals surface area contributed by atoms with Gasteiger partial charge in [-0.1, -0.05) is 62.9 Å². The first-order chi connectivity index (χ1) is 14.1. The van der Waals surface area contributed by atoms with Crippen LogP contribution in [0.5, 0.6) is 0 Å². The molecule has 0 fully saturated rings. The van der Waals surface area contributed by atoms with Gasteiger partial charge < -0.3 is 5.32 Å². The normalized spacial score (nSPS) is 10.7. The fourth-order valence-corrected chi connectivity index (χ4v) is 3.25. The maximum atomic E-state index is 4.81.